The first kappa shape index (κ1) is 16.4. The number of halogens is 1. The van der Waals surface area contributed by atoms with Crippen LogP contribution in [-0.2, 0) is 16.0 Å². The van der Waals surface area contributed by atoms with Crippen molar-refractivity contribution in [2.24, 2.45) is 0 Å². The molecule has 1 heterocycles. The summed E-state index contributed by atoms with van der Waals surface area (Å²) in [5.41, 5.74) is 0.606. The fraction of sp³-hybridized carbons (Fsp3) is 0.286. The highest BCUT2D eigenvalue weighted by Crippen LogP contribution is 2.17. The van der Waals surface area contributed by atoms with Crippen molar-refractivity contribution in [1.82, 2.24) is 10.2 Å². The summed E-state index contributed by atoms with van der Waals surface area (Å²) >= 11 is 7.16. The van der Waals surface area contributed by atoms with Gasteiger partial charge < -0.3 is 10.6 Å². The number of carbonyl (C=O) groups excluding carboxylic acids is 2. The number of carbonyl (C=O) groups is 2. The number of amides is 2. The number of nitrogens with one attached hydrogen (secondary N) is 2. The number of aromatic nitrogens is 2. The number of nitrogens with zero attached hydrogens (tertiary/aromatic N) is 2. The van der Waals surface area contributed by atoms with Crippen molar-refractivity contribution >= 4 is 45.6 Å². The van der Waals surface area contributed by atoms with Gasteiger partial charge in [0.05, 0.1) is 0 Å². The molecule has 1 aromatic carbocycles. The Hall–Kier alpha value is -1.99. The number of benzene rings is 1. The lowest BCUT2D eigenvalue weighted by atomic mass is 10.2. The molecule has 2 rings (SSSR count). The van der Waals surface area contributed by atoms with E-state index in [4.69, 9.17) is 11.6 Å². The molecule has 0 spiro atoms. The topological polar surface area (TPSA) is 84.0 Å². The molecule has 6 nitrogen and oxygen atoms in total. The molecule has 0 atom stereocenters. The Balaban J connectivity index is 1.77. The molecule has 0 saturated heterocycles. The predicted molar refractivity (Wildman–Crippen MR) is 87.2 cm³/mol. The van der Waals surface area contributed by atoms with Crippen LogP contribution >= 0.6 is 22.9 Å². The Bertz CT molecular complexity index is 674. The average molecular weight is 339 g/mol. The van der Waals surface area contributed by atoms with E-state index < -0.39 is 0 Å². The van der Waals surface area contributed by atoms with Gasteiger partial charge in [-0.3, -0.25) is 9.59 Å². The van der Waals surface area contributed by atoms with Crippen LogP contribution in [0.3, 0.4) is 0 Å². The lowest BCUT2D eigenvalue weighted by Gasteiger charge is -2.05. The van der Waals surface area contributed by atoms with Crippen molar-refractivity contribution < 1.29 is 9.59 Å². The molecule has 0 saturated carbocycles. The van der Waals surface area contributed by atoms with Gasteiger partial charge in [-0.1, -0.05) is 35.9 Å². The highest BCUT2D eigenvalue weighted by atomic mass is 35.5. The minimum atomic E-state index is -0.264. The van der Waals surface area contributed by atoms with E-state index in [1.165, 1.54) is 11.3 Å². The summed E-state index contributed by atoms with van der Waals surface area (Å²) in [5, 5.41) is 14.9. The van der Waals surface area contributed by atoms with Gasteiger partial charge in [-0.2, -0.15) is 0 Å². The molecular formula is C14H15ClN4O2S. The highest BCUT2D eigenvalue weighted by molar-refractivity contribution is 7.15. The van der Waals surface area contributed by atoms with E-state index in [1.54, 1.807) is 24.3 Å². The van der Waals surface area contributed by atoms with Gasteiger partial charge in [0, 0.05) is 23.6 Å². The summed E-state index contributed by atoms with van der Waals surface area (Å²) in [5.74, 6) is -0.510. The lowest BCUT2D eigenvalue weighted by Crippen LogP contribution is -2.17. The molecule has 0 aliphatic rings. The lowest BCUT2D eigenvalue weighted by molar-refractivity contribution is -0.121. The zero-order valence-electron chi connectivity index (χ0n) is 11.9. The van der Waals surface area contributed by atoms with Crippen LogP contribution < -0.4 is 10.6 Å². The number of hydrogen-bond donors (Lipinski definition) is 2. The molecular weight excluding hydrogens is 324 g/mol. The van der Waals surface area contributed by atoms with Gasteiger partial charge in [-0.05, 0) is 24.6 Å². The summed E-state index contributed by atoms with van der Waals surface area (Å²) in [6.45, 7) is 1.96. The SMILES string of the molecule is CCc1nnc(NC(=O)CCC(=O)Nc2cccc(Cl)c2)s1. The average Bonchev–Trinajstić information content (AvgIpc) is 2.93. The van der Waals surface area contributed by atoms with Crippen molar-refractivity contribution in [3.63, 3.8) is 0 Å². The molecule has 22 heavy (non-hydrogen) atoms. The Kier molecular flexibility index (Phi) is 5.85. The fourth-order valence-electron chi connectivity index (χ4n) is 1.65. The zero-order valence-corrected chi connectivity index (χ0v) is 13.5. The van der Waals surface area contributed by atoms with Crippen molar-refractivity contribution in [3.05, 3.63) is 34.3 Å². The van der Waals surface area contributed by atoms with Crippen LogP contribution in [0.25, 0.3) is 0 Å². The number of rotatable bonds is 6. The van der Waals surface area contributed by atoms with E-state index in [1.807, 2.05) is 6.92 Å². The maximum atomic E-state index is 11.8. The van der Waals surface area contributed by atoms with Crippen molar-refractivity contribution in [1.29, 1.82) is 0 Å². The molecule has 0 bridgehead atoms. The van der Waals surface area contributed by atoms with Gasteiger partial charge >= 0.3 is 0 Å². The van der Waals surface area contributed by atoms with Crippen LogP contribution in [0.4, 0.5) is 10.8 Å². The Morgan fingerprint density at radius 2 is 1.91 bits per heavy atom. The van der Waals surface area contributed by atoms with Crippen molar-refractivity contribution in [2.75, 3.05) is 10.6 Å². The molecule has 116 valence electrons. The quantitative estimate of drug-likeness (QED) is 0.847. The number of aryl methyl sites for hydroxylation is 1. The molecule has 2 aromatic rings. The van der Waals surface area contributed by atoms with Gasteiger partial charge in [0.2, 0.25) is 16.9 Å². The molecule has 1 aromatic heterocycles. The molecule has 0 aliphatic carbocycles. The second-order valence-electron chi connectivity index (χ2n) is 4.46. The number of anilines is 2. The van der Waals surface area contributed by atoms with E-state index >= 15 is 0 Å². The molecule has 2 N–H and O–H groups in total. The predicted octanol–water partition coefficient (Wildman–Crippen LogP) is 3.11. The molecule has 0 fully saturated rings. The largest absolute Gasteiger partial charge is 0.326 e. The molecule has 8 heteroatoms. The van der Waals surface area contributed by atoms with Gasteiger partial charge in [-0.25, -0.2) is 0 Å². The molecule has 2 amide bonds. The second-order valence-corrected chi connectivity index (χ2v) is 5.96. The van der Waals surface area contributed by atoms with E-state index in [9.17, 15) is 9.59 Å². The van der Waals surface area contributed by atoms with Gasteiger partial charge in [-0.15, -0.1) is 10.2 Å². The first-order valence-electron chi connectivity index (χ1n) is 6.74. The minimum Gasteiger partial charge on any atom is -0.326 e. The van der Waals surface area contributed by atoms with Crippen LogP contribution in [-0.4, -0.2) is 22.0 Å². The highest BCUT2D eigenvalue weighted by Gasteiger charge is 2.10. The fourth-order valence-corrected chi connectivity index (χ4v) is 2.53. The van der Waals surface area contributed by atoms with Gasteiger partial charge in [0.15, 0.2) is 0 Å². The van der Waals surface area contributed by atoms with Crippen LogP contribution in [0, 0.1) is 0 Å². The third-order valence-electron chi connectivity index (χ3n) is 2.70. The Morgan fingerprint density at radius 1 is 1.18 bits per heavy atom. The molecule has 0 unspecified atom stereocenters. The summed E-state index contributed by atoms with van der Waals surface area (Å²) in [6, 6.07) is 6.84. The summed E-state index contributed by atoms with van der Waals surface area (Å²) in [6.07, 6.45) is 0.931. The summed E-state index contributed by atoms with van der Waals surface area (Å²) < 4.78 is 0. The Labute approximate surface area is 136 Å². The third-order valence-corrected chi connectivity index (χ3v) is 3.92. The van der Waals surface area contributed by atoms with Crippen molar-refractivity contribution in [2.45, 2.75) is 26.2 Å². The van der Waals surface area contributed by atoms with E-state index in [0.717, 1.165) is 11.4 Å². The summed E-state index contributed by atoms with van der Waals surface area (Å²) in [4.78, 5) is 23.5. The van der Waals surface area contributed by atoms with Crippen LogP contribution in [0.2, 0.25) is 5.02 Å². The molecule has 0 aliphatic heterocycles. The number of hydrogen-bond acceptors (Lipinski definition) is 5. The normalized spacial score (nSPS) is 10.3. The summed E-state index contributed by atoms with van der Waals surface area (Å²) in [7, 11) is 0. The Morgan fingerprint density at radius 3 is 2.55 bits per heavy atom. The smallest absolute Gasteiger partial charge is 0.226 e. The minimum absolute atomic E-state index is 0.0768. The second kappa shape index (κ2) is 7.86. The first-order valence-corrected chi connectivity index (χ1v) is 7.94. The zero-order chi connectivity index (χ0) is 15.9. The van der Waals surface area contributed by atoms with Crippen LogP contribution in [0.15, 0.2) is 24.3 Å². The maximum absolute atomic E-state index is 11.8. The van der Waals surface area contributed by atoms with E-state index in [0.29, 0.717) is 15.8 Å². The monoisotopic (exact) mass is 338 g/mol. The van der Waals surface area contributed by atoms with Crippen LogP contribution in [0.5, 0.6) is 0 Å². The van der Waals surface area contributed by atoms with E-state index in [2.05, 4.69) is 20.8 Å². The van der Waals surface area contributed by atoms with E-state index in [-0.39, 0.29) is 24.7 Å². The van der Waals surface area contributed by atoms with Crippen molar-refractivity contribution in [3.8, 4) is 0 Å². The third kappa shape index (κ3) is 5.09. The standard InChI is InChI=1S/C14H15ClN4O2S/c1-2-13-18-19-14(22-13)17-12(21)7-6-11(20)16-10-5-3-4-9(15)8-10/h3-5,8H,2,6-7H2,1H3,(H,16,20)(H,17,19,21). The van der Waals surface area contributed by atoms with Gasteiger partial charge in [0.25, 0.3) is 0 Å². The molecule has 0 radical (unpaired) electrons. The maximum Gasteiger partial charge on any atom is 0.226 e. The first-order chi connectivity index (χ1) is 10.6. The van der Waals surface area contributed by atoms with Gasteiger partial charge in [0.1, 0.15) is 5.01 Å². The van der Waals surface area contributed by atoms with Crippen LogP contribution in [0.1, 0.15) is 24.8 Å².